The van der Waals surface area contributed by atoms with Crippen LogP contribution in [0.1, 0.15) is 22.8 Å². The first kappa shape index (κ1) is 16.3. The number of nitrogens with zero attached hydrogens (tertiary/aromatic N) is 2. The Bertz CT molecular complexity index is 707. The highest BCUT2D eigenvalue weighted by atomic mass is 19.4. The Morgan fingerprint density at radius 1 is 1.33 bits per heavy atom. The van der Waals surface area contributed by atoms with Crippen LogP contribution in [0.25, 0.3) is 0 Å². The minimum absolute atomic E-state index is 0.148. The van der Waals surface area contributed by atoms with Crippen molar-refractivity contribution in [2.75, 3.05) is 18.5 Å². The summed E-state index contributed by atoms with van der Waals surface area (Å²) in [5.41, 5.74) is 0.712. The Hall–Kier alpha value is -2.55. The van der Waals surface area contributed by atoms with Gasteiger partial charge >= 0.3 is 6.36 Å². The molecule has 2 heterocycles. The fourth-order valence-electron chi connectivity index (χ4n) is 2.34. The SMILES string of the molecule is O=C(Nc1cnn([C@H]2CCOC2)c1)c1ccc(OC(F)(F)F)cc1. The van der Waals surface area contributed by atoms with Gasteiger partial charge in [0.25, 0.3) is 5.91 Å². The lowest BCUT2D eigenvalue weighted by Gasteiger charge is -2.09. The third-order valence-electron chi connectivity index (χ3n) is 3.49. The van der Waals surface area contributed by atoms with Gasteiger partial charge in [-0.1, -0.05) is 0 Å². The topological polar surface area (TPSA) is 65.4 Å². The number of halogens is 3. The van der Waals surface area contributed by atoms with Gasteiger partial charge in [-0.3, -0.25) is 9.48 Å². The van der Waals surface area contributed by atoms with E-state index in [4.69, 9.17) is 4.74 Å². The fourth-order valence-corrected chi connectivity index (χ4v) is 2.34. The molecule has 0 spiro atoms. The molecule has 1 N–H and O–H groups in total. The molecule has 1 saturated heterocycles. The van der Waals surface area contributed by atoms with Crippen LogP contribution in [0.2, 0.25) is 0 Å². The summed E-state index contributed by atoms with van der Waals surface area (Å²) in [4.78, 5) is 12.1. The second-order valence-electron chi connectivity index (χ2n) is 5.25. The molecule has 1 atom stereocenters. The molecule has 24 heavy (non-hydrogen) atoms. The van der Waals surface area contributed by atoms with E-state index in [1.54, 1.807) is 10.9 Å². The summed E-state index contributed by atoms with van der Waals surface area (Å²) in [6.45, 7) is 1.26. The highest BCUT2D eigenvalue weighted by Gasteiger charge is 2.31. The molecule has 2 aromatic rings. The number of aromatic nitrogens is 2. The molecule has 1 aromatic heterocycles. The zero-order valence-corrected chi connectivity index (χ0v) is 12.4. The molecule has 1 amide bonds. The van der Waals surface area contributed by atoms with Gasteiger partial charge in [0, 0.05) is 18.4 Å². The molecule has 128 valence electrons. The maximum Gasteiger partial charge on any atom is 0.573 e. The minimum atomic E-state index is -4.76. The van der Waals surface area contributed by atoms with E-state index in [2.05, 4.69) is 15.2 Å². The Kier molecular flexibility index (Phi) is 4.43. The molecule has 1 aromatic carbocycles. The number of hydrogen-bond acceptors (Lipinski definition) is 4. The summed E-state index contributed by atoms with van der Waals surface area (Å²) >= 11 is 0. The third-order valence-corrected chi connectivity index (χ3v) is 3.49. The molecular formula is C15H14F3N3O3. The van der Waals surface area contributed by atoms with Crippen LogP contribution in [-0.2, 0) is 4.74 Å². The van der Waals surface area contributed by atoms with Gasteiger partial charge in [0.15, 0.2) is 0 Å². The number of nitrogens with one attached hydrogen (secondary N) is 1. The molecule has 3 rings (SSSR count). The number of benzene rings is 1. The summed E-state index contributed by atoms with van der Waals surface area (Å²) in [6.07, 6.45) is -0.701. The van der Waals surface area contributed by atoms with Gasteiger partial charge in [0.2, 0.25) is 0 Å². The molecule has 0 unspecified atom stereocenters. The van der Waals surface area contributed by atoms with Crippen molar-refractivity contribution in [2.24, 2.45) is 0 Å². The first-order valence-electron chi connectivity index (χ1n) is 7.20. The first-order chi connectivity index (χ1) is 11.4. The predicted molar refractivity (Wildman–Crippen MR) is 77.8 cm³/mol. The summed E-state index contributed by atoms with van der Waals surface area (Å²) in [5.74, 6) is -0.830. The van der Waals surface area contributed by atoms with Crippen molar-refractivity contribution < 1.29 is 27.4 Å². The summed E-state index contributed by atoms with van der Waals surface area (Å²) in [6, 6.07) is 4.83. The quantitative estimate of drug-likeness (QED) is 0.928. The van der Waals surface area contributed by atoms with E-state index in [1.807, 2.05) is 0 Å². The highest BCUT2D eigenvalue weighted by molar-refractivity contribution is 6.04. The number of ether oxygens (including phenoxy) is 2. The second-order valence-corrected chi connectivity index (χ2v) is 5.25. The monoisotopic (exact) mass is 341 g/mol. The van der Waals surface area contributed by atoms with E-state index in [9.17, 15) is 18.0 Å². The zero-order valence-electron chi connectivity index (χ0n) is 12.4. The molecule has 0 saturated carbocycles. The normalized spacial score (nSPS) is 17.7. The van der Waals surface area contributed by atoms with Gasteiger partial charge in [-0.05, 0) is 30.7 Å². The molecule has 0 bridgehead atoms. The molecule has 1 aliphatic rings. The van der Waals surface area contributed by atoms with Gasteiger partial charge in [0.1, 0.15) is 5.75 Å². The average Bonchev–Trinajstić information content (AvgIpc) is 3.16. The second kappa shape index (κ2) is 6.52. The average molecular weight is 341 g/mol. The molecule has 9 heteroatoms. The van der Waals surface area contributed by atoms with Crippen LogP contribution in [0.4, 0.5) is 18.9 Å². The van der Waals surface area contributed by atoms with Crippen LogP contribution in [0.3, 0.4) is 0 Å². The van der Waals surface area contributed by atoms with E-state index < -0.39 is 12.3 Å². The van der Waals surface area contributed by atoms with Crippen molar-refractivity contribution in [2.45, 2.75) is 18.8 Å². The number of carbonyl (C=O) groups is 1. The zero-order chi connectivity index (χ0) is 17.2. The molecule has 1 aliphatic heterocycles. The molecule has 1 fully saturated rings. The molecular weight excluding hydrogens is 327 g/mol. The van der Waals surface area contributed by atoms with Gasteiger partial charge in [0.05, 0.1) is 24.5 Å². The van der Waals surface area contributed by atoms with Crippen LogP contribution in [0, 0.1) is 0 Å². The maximum atomic E-state index is 12.1. The summed E-state index contributed by atoms with van der Waals surface area (Å²) in [7, 11) is 0. The van der Waals surface area contributed by atoms with E-state index in [1.165, 1.54) is 18.3 Å². The Morgan fingerprint density at radius 2 is 2.08 bits per heavy atom. The fraction of sp³-hybridized carbons (Fsp3) is 0.333. The van der Waals surface area contributed by atoms with Crippen molar-refractivity contribution in [3.8, 4) is 5.75 Å². The van der Waals surface area contributed by atoms with Gasteiger partial charge < -0.3 is 14.8 Å². The van der Waals surface area contributed by atoms with Crippen molar-refractivity contribution in [1.82, 2.24) is 9.78 Å². The maximum absolute atomic E-state index is 12.1. The van der Waals surface area contributed by atoms with E-state index in [-0.39, 0.29) is 17.4 Å². The van der Waals surface area contributed by atoms with E-state index in [0.717, 1.165) is 18.6 Å². The molecule has 0 radical (unpaired) electrons. The third kappa shape index (κ3) is 4.05. The van der Waals surface area contributed by atoms with Gasteiger partial charge in [-0.15, -0.1) is 13.2 Å². The van der Waals surface area contributed by atoms with Crippen LogP contribution in [0.5, 0.6) is 5.75 Å². The van der Waals surface area contributed by atoms with Crippen molar-refractivity contribution in [3.05, 3.63) is 42.2 Å². The van der Waals surface area contributed by atoms with Gasteiger partial charge in [-0.25, -0.2) is 0 Å². The standard InChI is InChI=1S/C15H14F3N3O3/c16-15(17,18)24-13-3-1-10(2-4-13)14(22)20-11-7-19-21(8-11)12-5-6-23-9-12/h1-4,7-8,12H,5-6,9H2,(H,20,22)/t12-/m0/s1. The smallest absolute Gasteiger partial charge is 0.406 e. The van der Waals surface area contributed by atoms with E-state index in [0.29, 0.717) is 18.9 Å². The van der Waals surface area contributed by atoms with Crippen molar-refractivity contribution in [3.63, 3.8) is 0 Å². The lowest BCUT2D eigenvalue weighted by atomic mass is 10.2. The molecule has 6 nitrogen and oxygen atoms in total. The number of carbonyl (C=O) groups excluding carboxylic acids is 1. The van der Waals surface area contributed by atoms with E-state index >= 15 is 0 Å². The van der Waals surface area contributed by atoms with Crippen molar-refractivity contribution in [1.29, 1.82) is 0 Å². The van der Waals surface area contributed by atoms with Crippen LogP contribution in [-0.4, -0.2) is 35.3 Å². The lowest BCUT2D eigenvalue weighted by molar-refractivity contribution is -0.274. The Labute approximate surface area is 135 Å². The van der Waals surface area contributed by atoms with Crippen molar-refractivity contribution >= 4 is 11.6 Å². The molecule has 0 aliphatic carbocycles. The summed E-state index contributed by atoms with van der Waals surface area (Å²) < 4.78 is 47.1. The van der Waals surface area contributed by atoms with Crippen LogP contribution >= 0.6 is 0 Å². The van der Waals surface area contributed by atoms with Crippen LogP contribution < -0.4 is 10.1 Å². The summed E-state index contributed by atoms with van der Waals surface area (Å²) in [5, 5.41) is 6.82. The Balaban J connectivity index is 1.62. The van der Waals surface area contributed by atoms with Gasteiger partial charge in [-0.2, -0.15) is 5.10 Å². The largest absolute Gasteiger partial charge is 0.573 e. The lowest BCUT2D eigenvalue weighted by Crippen LogP contribution is -2.17. The predicted octanol–water partition coefficient (Wildman–Crippen LogP) is 3.00. The number of alkyl halides is 3. The number of amides is 1. The number of hydrogen-bond donors (Lipinski definition) is 1. The highest BCUT2D eigenvalue weighted by Crippen LogP contribution is 2.23. The minimum Gasteiger partial charge on any atom is -0.406 e. The number of rotatable bonds is 4. The van der Waals surface area contributed by atoms with Crippen LogP contribution in [0.15, 0.2) is 36.7 Å². The Morgan fingerprint density at radius 3 is 2.71 bits per heavy atom. The number of anilines is 1. The first-order valence-corrected chi connectivity index (χ1v) is 7.20.